The van der Waals surface area contributed by atoms with Gasteiger partial charge < -0.3 is 16.8 Å². The summed E-state index contributed by atoms with van der Waals surface area (Å²) < 4.78 is 0.558. The Bertz CT molecular complexity index is 169. The van der Waals surface area contributed by atoms with Gasteiger partial charge in [-0.3, -0.25) is 0 Å². The standard InChI is InChI=1S/C7H14BrN3/c1-5(2)11-6(4-9)3-7(8)10/h3-5,11H,9-10H2,1-2H3. The summed E-state index contributed by atoms with van der Waals surface area (Å²) in [5.41, 5.74) is 11.5. The summed E-state index contributed by atoms with van der Waals surface area (Å²) in [6.07, 6.45) is 3.20. The van der Waals surface area contributed by atoms with Crippen molar-refractivity contribution in [3.63, 3.8) is 0 Å². The number of nitrogens with one attached hydrogen (secondary N) is 1. The van der Waals surface area contributed by atoms with Gasteiger partial charge in [0.15, 0.2) is 0 Å². The molecule has 0 saturated heterocycles. The molecular formula is C7H14BrN3. The van der Waals surface area contributed by atoms with Crippen molar-refractivity contribution in [3.8, 4) is 0 Å². The molecule has 0 radical (unpaired) electrons. The zero-order valence-electron chi connectivity index (χ0n) is 6.76. The fourth-order valence-corrected chi connectivity index (χ4v) is 0.866. The Morgan fingerprint density at radius 1 is 1.55 bits per heavy atom. The van der Waals surface area contributed by atoms with Crippen molar-refractivity contribution in [1.82, 2.24) is 5.32 Å². The van der Waals surface area contributed by atoms with Crippen LogP contribution in [0.5, 0.6) is 0 Å². The minimum atomic E-state index is 0.355. The van der Waals surface area contributed by atoms with Crippen molar-refractivity contribution in [2.24, 2.45) is 11.5 Å². The van der Waals surface area contributed by atoms with Gasteiger partial charge in [0.05, 0.1) is 10.3 Å². The highest BCUT2D eigenvalue weighted by Gasteiger charge is 1.94. The van der Waals surface area contributed by atoms with Gasteiger partial charge in [-0.05, 0) is 35.9 Å². The summed E-state index contributed by atoms with van der Waals surface area (Å²) in [5.74, 6) is 0. The van der Waals surface area contributed by atoms with Gasteiger partial charge in [-0.15, -0.1) is 0 Å². The van der Waals surface area contributed by atoms with E-state index in [4.69, 9.17) is 11.5 Å². The van der Waals surface area contributed by atoms with E-state index in [2.05, 4.69) is 21.2 Å². The minimum absolute atomic E-state index is 0.355. The molecule has 0 aliphatic carbocycles. The van der Waals surface area contributed by atoms with Crippen LogP contribution in [-0.4, -0.2) is 6.04 Å². The van der Waals surface area contributed by atoms with Crippen LogP contribution < -0.4 is 16.8 Å². The van der Waals surface area contributed by atoms with Crippen molar-refractivity contribution >= 4 is 15.9 Å². The molecule has 0 aliphatic heterocycles. The number of halogens is 1. The molecule has 0 saturated carbocycles. The highest BCUT2D eigenvalue weighted by molar-refractivity contribution is 9.11. The van der Waals surface area contributed by atoms with Crippen LogP contribution in [0.2, 0.25) is 0 Å². The first kappa shape index (κ1) is 10.4. The van der Waals surface area contributed by atoms with Crippen LogP contribution in [0, 0.1) is 0 Å². The molecule has 0 aromatic carbocycles. The van der Waals surface area contributed by atoms with Crippen LogP contribution in [0.15, 0.2) is 22.6 Å². The Hall–Kier alpha value is -0.640. The Labute approximate surface area is 75.6 Å². The lowest BCUT2D eigenvalue weighted by Gasteiger charge is -2.09. The first-order chi connectivity index (χ1) is 5.06. The lowest BCUT2D eigenvalue weighted by molar-refractivity contribution is 0.679. The van der Waals surface area contributed by atoms with Crippen molar-refractivity contribution in [2.75, 3.05) is 0 Å². The van der Waals surface area contributed by atoms with Gasteiger partial charge in [0, 0.05) is 12.2 Å². The van der Waals surface area contributed by atoms with Gasteiger partial charge in [-0.1, -0.05) is 0 Å². The van der Waals surface area contributed by atoms with Crippen LogP contribution >= 0.6 is 15.9 Å². The van der Waals surface area contributed by atoms with Crippen LogP contribution in [0.1, 0.15) is 13.8 Å². The molecule has 0 fully saturated rings. The largest absolute Gasteiger partial charge is 0.403 e. The van der Waals surface area contributed by atoms with E-state index in [0.29, 0.717) is 10.6 Å². The van der Waals surface area contributed by atoms with E-state index in [1.807, 2.05) is 13.8 Å². The molecule has 0 heterocycles. The summed E-state index contributed by atoms with van der Waals surface area (Å²) >= 11 is 3.11. The second-order valence-electron chi connectivity index (χ2n) is 2.45. The molecule has 0 rings (SSSR count). The molecule has 0 aromatic heterocycles. The molecule has 4 heteroatoms. The Kier molecular flexibility index (Phi) is 4.77. The fraction of sp³-hybridized carbons (Fsp3) is 0.429. The molecule has 0 atom stereocenters. The lowest BCUT2D eigenvalue weighted by atomic mass is 10.3. The molecule has 0 aliphatic rings. The predicted molar refractivity (Wildman–Crippen MR) is 51.7 cm³/mol. The first-order valence-electron chi connectivity index (χ1n) is 3.37. The van der Waals surface area contributed by atoms with Gasteiger partial charge in [-0.2, -0.15) is 0 Å². The topological polar surface area (TPSA) is 64.1 Å². The van der Waals surface area contributed by atoms with Crippen LogP contribution in [0.25, 0.3) is 0 Å². The highest BCUT2D eigenvalue weighted by Crippen LogP contribution is 2.00. The number of rotatable bonds is 3. The van der Waals surface area contributed by atoms with E-state index in [9.17, 15) is 0 Å². The van der Waals surface area contributed by atoms with E-state index in [1.165, 1.54) is 6.20 Å². The quantitative estimate of drug-likeness (QED) is 0.490. The molecule has 11 heavy (non-hydrogen) atoms. The molecule has 0 spiro atoms. The smallest absolute Gasteiger partial charge is 0.0775 e. The number of hydrogen-bond acceptors (Lipinski definition) is 3. The van der Waals surface area contributed by atoms with E-state index in [0.717, 1.165) is 5.70 Å². The van der Waals surface area contributed by atoms with E-state index < -0.39 is 0 Å². The van der Waals surface area contributed by atoms with Gasteiger partial charge >= 0.3 is 0 Å². The Balaban J connectivity index is 4.10. The van der Waals surface area contributed by atoms with Crippen molar-refractivity contribution < 1.29 is 0 Å². The van der Waals surface area contributed by atoms with Crippen LogP contribution in [-0.2, 0) is 0 Å². The van der Waals surface area contributed by atoms with E-state index in [-0.39, 0.29) is 0 Å². The summed E-state index contributed by atoms with van der Waals surface area (Å²) in [5, 5.41) is 3.11. The second-order valence-corrected chi connectivity index (χ2v) is 3.37. The Morgan fingerprint density at radius 3 is 2.36 bits per heavy atom. The van der Waals surface area contributed by atoms with Crippen molar-refractivity contribution in [1.29, 1.82) is 0 Å². The first-order valence-corrected chi connectivity index (χ1v) is 4.16. The summed E-state index contributed by atoms with van der Waals surface area (Å²) in [7, 11) is 0. The predicted octanol–water partition coefficient (Wildman–Crippen LogP) is 0.980. The maximum absolute atomic E-state index is 5.39. The van der Waals surface area contributed by atoms with Crippen molar-refractivity contribution in [3.05, 3.63) is 22.6 Å². The van der Waals surface area contributed by atoms with E-state index in [1.54, 1.807) is 6.08 Å². The molecule has 0 unspecified atom stereocenters. The third-order valence-corrected chi connectivity index (χ3v) is 1.16. The maximum atomic E-state index is 5.39. The highest BCUT2D eigenvalue weighted by atomic mass is 79.9. The zero-order valence-corrected chi connectivity index (χ0v) is 8.35. The van der Waals surface area contributed by atoms with Gasteiger partial charge in [-0.25, -0.2) is 0 Å². The number of allylic oxidation sites excluding steroid dienone is 1. The fourth-order valence-electron chi connectivity index (χ4n) is 0.620. The van der Waals surface area contributed by atoms with Gasteiger partial charge in [0.1, 0.15) is 0 Å². The maximum Gasteiger partial charge on any atom is 0.0775 e. The van der Waals surface area contributed by atoms with Crippen LogP contribution in [0.4, 0.5) is 0 Å². The molecule has 5 N–H and O–H groups in total. The summed E-state index contributed by atoms with van der Waals surface area (Å²) in [6, 6.07) is 0.355. The average molecular weight is 220 g/mol. The molecule has 64 valence electrons. The second kappa shape index (κ2) is 5.07. The molecule has 0 amide bonds. The van der Waals surface area contributed by atoms with E-state index >= 15 is 0 Å². The lowest BCUT2D eigenvalue weighted by Crippen LogP contribution is -2.22. The van der Waals surface area contributed by atoms with Gasteiger partial charge in [0.25, 0.3) is 0 Å². The number of hydrogen-bond donors (Lipinski definition) is 3. The molecule has 0 bridgehead atoms. The summed E-state index contributed by atoms with van der Waals surface area (Å²) in [6.45, 7) is 4.06. The zero-order chi connectivity index (χ0) is 8.85. The molecule has 3 nitrogen and oxygen atoms in total. The monoisotopic (exact) mass is 219 g/mol. The van der Waals surface area contributed by atoms with Gasteiger partial charge in [0.2, 0.25) is 0 Å². The summed E-state index contributed by atoms with van der Waals surface area (Å²) in [4.78, 5) is 0. The molecular weight excluding hydrogens is 206 g/mol. The third kappa shape index (κ3) is 5.79. The molecule has 0 aromatic rings. The minimum Gasteiger partial charge on any atom is -0.403 e. The van der Waals surface area contributed by atoms with Crippen LogP contribution in [0.3, 0.4) is 0 Å². The normalized spacial score (nSPS) is 13.8. The Morgan fingerprint density at radius 2 is 2.09 bits per heavy atom. The SMILES string of the molecule is CC(C)NC(C=C(N)Br)=CN. The van der Waals surface area contributed by atoms with Crippen molar-refractivity contribution in [2.45, 2.75) is 19.9 Å². The third-order valence-electron chi connectivity index (χ3n) is 0.928. The average Bonchev–Trinajstić information content (AvgIpc) is 1.84. The number of nitrogens with two attached hydrogens (primary N) is 2.